The zero-order valence-corrected chi connectivity index (χ0v) is 15.0. The molecule has 1 aliphatic carbocycles. The Balaban J connectivity index is 1.89. The largest absolute Gasteiger partial charge is 0.496 e. The van der Waals surface area contributed by atoms with Gasteiger partial charge in [0.1, 0.15) is 5.75 Å². The van der Waals surface area contributed by atoms with Crippen LogP contribution in [0.4, 0.5) is 0 Å². The molecule has 1 saturated carbocycles. The van der Waals surface area contributed by atoms with Gasteiger partial charge in [-0.25, -0.2) is 0 Å². The summed E-state index contributed by atoms with van der Waals surface area (Å²) >= 11 is 0. The molecule has 0 radical (unpaired) electrons. The van der Waals surface area contributed by atoms with E-state index in [4.69, 9.17) is 4.74 Å². The highest BCUT2D eigenvalue weighted by Crippen LogP contribution is 2.26. The maximum absolute atomic E-state index is 13.0. The van der Waals surface area contributed by atoms with Crippen molar-refractivity contribution in [1.29, 1.82) is 0 Å². The average molecular weight is 351 g/mol. The molecule has 2 N–H and O–H groups in total. The van der Waals surface area contributed by atoms with E-state index in [1.54, 1.807) is 7.11 Å². The molecule has 1 fully saturated rings. The molecule has 1 amide bonds. The predicted octanol–water partition coefficient (Wildman–Crippen LogP) is 3.66. The van der Waals surface area contributed by atoms with E-state index in [-0.39, 0.29) is 18.1 Å². The van der Waals surface area contributed by atoms with E-state index < -0.39 is 0 Å². The van der Waals surface area contributed by atoms with Crippen LogP contribution in [0.25, 0.3) is 11.6 Å². The Morgan fingerprint density at radius 2 is 1.69 bits per heavy atom. The van der Waals surface area contributed by atoms with Crippen LogP contribution in [-0.4, -0.2) is 30.3 Å². The summed E-state index contributed by atoms with van der Waals surface area (Å²) in [7, 11) is 1.63. The van der Waals surface area contributed by atoms with E-state index in [1.165, 1.54) is 0 Å². The Morgan fingerprint density at radius 3 is 2.38 bits per heavy atom. The minimum Gasteiger partial charge on any atom is -0.496 e. The lowest BCUT2D eigenvalue weighted by Crippen LogP contribution is -2.38. The molecule has 2 aromatic rings. The number of hydrogen-bond donors (Lipinski definition) is 2. The van der Waals surface area contributed by atoms with Gasteiger partial charge < -0.3 is 15.2 Å². The van der Waals surface area contributed by atoms with Crippen LogP contribution < -0.4 is 10.1 Å². The minimum atomic E-state index is -0.235. The third-order valence-corrected chi connectivity index (χ3v) is 4.80. The van der Waals surface area contributed by atoms with Gasteiger partial charge in [0, 0.05) is 17.2 Å². The molecule has 0 bridgehead atoms. The maximum atomic E-state index is 13.0. The highest BCUT2D eigenvalue weighted by molar-refractivity contribution is 6.24. The summed E-state index contributed by atoms with van der Waals surface area (Å²) in [5.74, 6) is 0.637. The van der Waals surface area contributed by atoms with Crippen molar-refractivity contribution in [2.24, 2.45) is 0 Å². The number of rotatable bonds is 5. The van der Waals surface area contributed by atoms with Gasteiger partial charge in [0.15, 0.2) is 0 Å². The van der Waals surface area contributed by atoms with Crippen LogP contribution in [0.15, 0.2) is 54.6 Å². The molecule has 0 unspecified atom stereocenters. The number of methoxy groups -OCH3 is 1. The molecule has 0 saturated heterocycles. The van der Waals surface area contributed by atoms with Crippen LogP contribution in [0.2, 0.25) is 0 Å². The van der Waals surface area contributed by atoms with E-state index in [1.807, 2.05) is 60.7 Å². The van der Waals surface area contributed by atoms with Gasteiger partial charge in [-0.1, -0.05) is 48.5 Å². The van der Waals surface area contributed by atoms with Crippen molar-refractivity contribution in [2.75, 3.05) is 7.11 Å². The van der Waals surface area contributed by atoms with E-state index in [0.29, 0.717) is 5.57 Å². The number of ether oxygens (including phenoxy) is 1. The second-order valence-electron chi connectivity index (χ2n) is 6.64. The summed E-state index contributed by atoms with van der Waals surface area (Å²) in [5, 5.41) is 12.8. The van der Waals surface area contributed by atoms with Crippen molar-refractivity contribution in [1.82, 2.24) is 5.32 Å². The smallest absolute Gasteiger partial charge is 0.252 e. The molecule has 0 heterocycles. The summed E-state index contributed by atoms with van der Waals surface area (Å²) in [4.78, 5) is 13.0. The Hall–Kier alpha value is -2.59. The summed E-state index contributed by atoms with van der Waals surface area (Å²) in [6.45, 7) is 0. The van der Waals surface area contributed by atoms with Gasteiger partial charge in [-0.05, 0) is 43.4 Å². The molecular weight excluding hydrogens is 326 g/mol. The summed E-state index contributed by atoms with van der Waals surface area (Å²) in [6, 6.07) is 17.4. The molecule has 2 aromatic carbocycles. The standard InChI is InChI=1S/C22H25NO3/c1-26-21-10-6-5-9-17(21)15-20(16-7-3-2-4-8-16)22(25)23-18-11-13-19(24)14-12-18/h2-10,15,18-19,24H,11-14H2,1H3,(H,23,25)/b20-15+. The maximum Gasteiger partial charge on any atom is 0.252 e. The van der Waals surface area contributed by atoms with E-state index >= 15 is 0 Å². The molecule has 0 atom stereocenters. The lowest BCUT2D eigenvalue weighted by atomic mass is 9.92. The quantitative estimate of drug-likeness (QED) is 0.638. The monoisotopic (exact) mass is 351 g/mol. The van der Waals surface area contributed by atoms with Crippen molar-refractivity contribution in [3.63, 3.8) is 0 Å². The number of nitrogens with one attached hydrogen (secondary N) is 1. The van der Waals surface area contributed by atoms with Gasteiger partial charge in [0.25, 0.3) is 5.91 Å². The van der Waals surface area contributed by atoms with Crippen LogP contribution in [0.1, 0.15) is 36.8 Å². The van der Waals surface area contributed by atoms with Crippen molar-refractivity contribution < 1.29 is 14.6 Å². The highest BCUT2D eigenvalue weighted by Gasteiger charge is 2.22. The molecule has 4 nitrogen and oxygen atoms in total. The fourth-order valence-corrected chi connectivity index (χ4v) is 3.32. The first-order chi connectivity index (χ1) is 12.7. The third-order valence-electron chi connectivity index (χ3n) is 4.80. The van der Waals surface area contributed by atoms with E-state index in [2.05, 4.69) is 5.32 Å². The number of carbonyl (C=O) groups excluding carboxylic acids is 1. The van der Waals surface area contributed by atoms with Crippen LogP contribution >= 0.6 is 0 Å². The predicted molar refractivity (Wildman–Crippen MR) is 104 cm³/mol. The number of aliphatic hydroxyl groups excluding tert-OH is 1. The molecule has 0 aromatic heterocycles. The number of carbonyl (C=O) groups is 1. The highest BCUT2D eigenvalue weighted by atomic mass is 16.5. The molecule has 136 valence electrons. The van der Waals surface area contributed by atoms with E-state index in [9.17, 15) is 9.90 Å². The number of benzene rings is 2. The molecule has 0 aliphatic heterocycles. The molecule has 3 rings (SSSR count). The first kappa shape index (κ1) is 18.2. The Morgan fingerprint density at radius 1 is 1.04 bits per heavy atom. The Bertz CT molecular complexity index is 762. The second-order valence-corrected chi connectivity index (χ2v) is 6.64. The number of para-hydroxylation sites is 1. The fourth-order valence-electron chi connectivity index (χ4n) is 3.32. The number of amides is 1. The van der Waals surface area contributed by atoms with Gasteiger partial charge in [-0.2, -0.15) is 0 Å². The minimum absolute atomic E-state index is 0.0940. The van der Waals surface area contributed by atoms with Crippen molar-refractivity contribution in [3.05, 3.63) is 65.7 Å². The first-order valence-electron chi connectivity index (χ1n) is 9.06. The Kier molecular flexibility index (Phi) is 6.08. The molecule has 26 heavy (non-hydrogen) atoms. The SMILES string of the molecule is COc1ccccc1/C=C(/C(=O)NC1CCC(O)CC1)c1ccccc1. The second kappa shape index (κ2) is 8.68. The van der Waals surface area contributed by atoms with Gasteiger partial charge in [0.2, 0.25) is 0 Å². The van der Waals surface area contributed by atoms with Gasteiger partial charge in [-0.3, -0.25) is 4.79 Å². The van der Waals surface area contributed by atoms with Crippen LogP contribution in [-0.2, 0) is 4.79 Å². The molecule has 0 spiro atoms. The van der Waals surface area contributed by atoms with Crippen molar-refractivity contribution >= 4 is 17.6 Å². The lowest BCUT2D eigenvalue weighted by molar-refractivity contribution is -0.116. The zero-order valence-electron chi connectivity index (χ0n) is 15.0. The summed E-state index contributed by atoms with van der Waals surface area (Å²) in [5.41, 5.74) is 2.34. The third kappa shape index (κ3) is 4.52. The molecule has 1 aliphatic rings. The topological polar surface area (TPSA) is 58.6 Å². The van der Waals surface area contributed by atoms with Crippen LogP contribution in [0, 0.1) is 0 Å². The van der Waals surface area contributed by atoms with Crippen LogP contribution in [0.5, 0.6) is 5.75 Å². The van der Waals surface area contributed by atoms with Crippen LogP contribution in [0.3, 0.4) is 0 Å². The van der Waals surface area contributed by atoms with E-state index in [0.717, 1.165) is 42.6 Å². The normalized spacial score (nSPS) is 20.5. The molecule has 4 heteroatoms. The van der Waals surface area contributed by atoms with Gasteiger partial charge in [0.05, 0.1) is 13.2 Å². The van der Waals surface area contributed by atoms with Gasteiger partial charge in [-0.15, -0.1) is 0 Å². The zero-order chi connectivity index (χ0) is 18.4. The van der Waals surface area contributed by atoms with Crippen molar-refractivity contribution in [2.45, 2.75) is 37.8 Å². The first-order valence-corrected chi connectivity index (χ1v) is 9.06. The number of aliphatic hydroxyl groups is 1. The number of hydrogen-bond acceptors (Lipinski definition) is 3. The fraction of sp³-hybridized carbons (Fsp3) is 0.318. The summed E-state index contributed by atoms with van der Waals surface area (Å²) in [6.07, 6.45) is 4.74. The summed E-state index contributed by atoms with van der Waals surface area (Å²) < 4.78 is 5.42. The lowest BCUT2D eigenvalue weighted by Gasteiger charge is -2.26. The molecular formula is C22H25NO3. The van der Waals surface area contributed by atoms with Crippen molar-refractivity contribution in [3.8, 4) is 5.75 Å². The van der Waals surface area contributed by atoms with Gasteiger partial charge >= 0.3 is 0 Å². The average Bonchev–Trinajstić information content (AvgIpc) is 2.68. The Labute approximate surface area is 154 Å².